The zero-order valence-corrected chi connectivity index (χ0v) is 16.9. The predicted octanol–water partition coefficient (Wildman–Crippen LogP) is 3.13. The van der Waals surface area contributed by atoms with Gasteiger partial charge in [-0.1, -0.05) is 24.8 Å². The highest BCUT2D eigenvalue weighted by Gasteiger charge is 2.26. The lowest BCUT2D eigenvalue weighted by atomic mass is 10.1. The maximum absolute atomic E-state index is 12.8. The van der Waals surface area contributed by atoms with E-state index in [2.05, 4.69) is 53.4 Å². The topological polar surface area (TPSA) is 41.4 Å². The summed E-state index contributed by atoms with van der Waals surface area (Å²) in [7, 11) is 0. The maximum Gasteiger partial charge on any atom is 0.235 e. The second kappa shape index (κ2) is 8.27. The summed E-state index contributed by atoms with van der Waals surface area (Å²) in [5.41, 5.74) is 3.55. The second-order valence-electron chi connectivity index (χ2n) is 6.95. The Morgan fingerprint density at radius 3 is 2.42 bits per heavy atom. The summed E-state index contributed by atoms with van der Waals surface area (Å²) in [4.78, 5) is 21.7. The molecule has 0 spiro atoms. The van der Waals surface area contributed by atoms with Gasteiger partial charge in [-0.05, 0) is 50.6 Å². The Kier molecular flexibility index (Phi) is 6.04. The van der Waals surface area contributed by atoms with Gasteiger partial charge in [-0.15, -0.1) is 0 Å². The minimum absolute atomic E-state index is 0.143. The van der Waals surface area contributed by atoms with E-state index in [9.17, 15) is 4.79 Å². The van der Waals surface area contributed by atoms with Crippen molar-refractivity contribution in [1.29, 1.82) is 0 Å². The van der Waals surface area contributed by atoms with Crippen LogP contribution >= 0.6 is 11.8 Å². The van der Waals surface area contributed by atoms with E-state index in [1.165, 1.54) is 22.9 Å². The zero-order valence-electron chi connectivity index (χ0n) is 16.1. The summed E-state index contributed by atoms with van der Waals surface area (Å²) in [5, 5.41) is 0.721. The van der Waals surface area contributed by atoms with Crippen molar-refractivity contribution in [1.82, 2.24) is 19.4 Å². The number of nitrogens with zero attached hydrogens (tertiary/aromatic N) is 4. The van der Waals surface area contributed by atoms with Gasteiger partial charge in [-0.3, -0.25) is 9.36 Å². The molecule has 0 aliphatic carbocycles. The van der Waals surface area contributed by atoms with Crippen LogP contribution in [-0.4, -0.2) is 63.2 Å². The Labute approximate surface area is 160 Å². The lowest BCUT2D eigenvalue weighted by Gasteiger charge is -2.35. The summed E-state index contributed by atoms with van der Waals surface area (Å²) in [5.74, 6) is 0.209. The number of aryl methyl sites for hydroxylation is 2. The minimum atomic E-state index is -0.143. The Hall–Kier alpha value is -1.79. The first-order valence-corrected chi connectivity index (χ1v) is 10.2. The average Bonchev–Trinajstić information content (AvgIpc) is 3.08. The van der Waals surface area contributed by atoms with Crippen LogP contribution in [0, 0.1) is 13.8 Å². The van der Waals surface area contributed by atoms with Gasteiger partial charge in [-0.25, -0.2) is 4.98 Å². The highest BCUT2D eigenvalue weighted by atomic mass is 32.2. The third-order valence-electron chi connectivity index (χ3n) is 4.85. The zero-order chi connectivity index (χ0) is 18.7. The van der Waals surface area contributed by atoms with Gasteiger partial charge in [0, 0.05) is 44.3 Å². The molecule has 140 valence electrons. The molecule has 0 radical (unpaired) electrons. The molecule has 1 aromatic heterocycles. The van der Waals surface area contributed by atoms with Crippen LogP contribution in [0.5, 0.6) is 0 Å². The molecule has 1 aliphatic heterocycles. The van der Waals surface area contributed by atoms with Gasteiger partial charge in [0.05, 0.1) is 5.25 Å². The van der Waals surface area contributed by atoms with E-state index in [-0.39, 0.29) is 11.2 Å². The molecule has 1 fully saturated rings. The monoisotopic (exact) mass is 372 g/mol. The lowest BCUT2D eigenvalue weighted by molar-refractivity contribution is -0.132. The number of thioether (sulfide) groups is 1. The first-order valence-electron chi connectivity index (χ1n) is 9.27. The number of likely N-dealkylation sites (N-methyl/N-ethyl adjacent to an activating group) is 1. The van der Waals surface area contributed by atoms with Crippen molar-refractivity contribution in [3.8, 4) is 5.69 Å². The van der Waals surface area contributed by atoms with E-state index in [1.807, 2.05) is 18.0 Å². The number of benzene rings is 1. The first-order chi connectivity index (χ1) is 12.5. The summed E-state index contributed by atoms with van der Waals surface area (Å²) < 4.78 is 2.07. The Morgan fingerprint density at radius 2 is 1.81 bits per heavy atom. The van der Waals surface area contributed by atoms with E-state index in [0.29, 0.717) is 0 Å². The second-order valence-corrected chi connectivity index (χ2v) is 8.25. The SMILES string of the molecule is CCN1CCN(C(=O)C(C)Sc2nccn2-c2cc(C)cc(C)c2)CC1. The first kappa shape index (κ1) is 19.0. The van der Waals surface area contributed by atoms with Crippen molar-refractivity contribution in [3.63, 3.8) is 0 Å². The van der Waals surface area contributed by atoms with Gasteiger partial charge < -0.3 is 9.80 Å². The Balaban J connectivity index is 1.70. The van der Waals surface area contributed by atoms with E-state index in [0.717, 1.165) is 43.6 Å². The molecule has 1 aliphatic rings. The van der Waals surface area contributed by atoms with Gasteiger partial charge in [-0.2, -0.15) is 0 Å². The number of aromatic nitrogens is 2. The molecular weight excluding hydrogens is 344 g/mol. The minimum Gasteiger partial charge on any atom is -0.339 e. The van der Waals surface area contributed by atoms with Crippen molar-refractivity contribution >= 4 is 17.7 Å². The fourth-order valence-corrected chi connectivity index (χ4v) is 4.38. The van der Waals surface area contributed by atoms with Crippen molar-refractivity contribution in [2.75, 3.05) is 32.7 Å². The van der Waals surface area contributed by atoms with Crippen molar-refractivity contribution in [2.24, 2.45) is 0 Å². The van der Waals surface area contributed by atoms with Crippen molar-refractivity contribution < 1.29 is 4.79 Å². The normalized spacial score (nSPS) is 16.7. The van der Waals surface area contributed by atoms with Gasteiger partial charge in [0.25, 0.3) is 0 Å². The molecule has 2 heterocycles. The van der Waals surface area contributed by atoms with E-state index in [4.69, 9.17) is 0 Å². The molecule has 5 nitrogen and oxygen atoms in total. The van der Waals surface area contributed by atoms with Crippen LogP contribution in [-0.2, 0) is 4.79 Å². The third-order valence-corrected chi connectivity index (χ3v) is 5.92. The van der Waals surface area contributed by atoms with Crippen molar-refractivity contribution in [2.45, 2.75) is 38.1 Å². The maximum atomic E-state index is 12.8. The third kappa shape index (κ3) is 4.30. The molecule has 1 aromatic carbocycles. The van der Waals surface area contributed by atoms with Crippen LogP contribution in [0.25, 0.3) is 5.69 Å². The fourth-order valence-electron chi connectivity index (χ4n) is 3.41. The number of rotatable bonds is 5. The lowest BCUT2D eigenvalue weighted by Crippen LogP contribution is -2.50. The number of piperazine rings is 1. The summed E-state index contributed by atoms with van der Waals surface area (Å²) in [6.45, 7) is 13.0. The molecule has 1 unspecified atom stereocenters. The molecular formula is C20H28N4OS. The molecule has 0 saturated carbocycles. The fraction of sp³-hybridized carbons (Fsp3) is 0.500. The number of carbonyl (C=O) groups is 1. The summed E-state index contributed by atoms with van der Waals surface area (Å²) >= 11 is 1.54. The van der Waals surface area contributed by atoms with Crippen LogP contribution in [0.3, 0.4) is 0 Å². The molecule has 0 bridgehead atoms. The standard InChI is InChI=1S/C20H28N4OS/c1-5-22-8-10-23(11-9-22)19(25)17(4)26-20-21-6-7-24(20)18-13-15(2)12-16(3)14-18/h6-7,12-14,17H,5,8-11H2,1-4H3. The molecule has 6 heteroatoms. The van der Waals surface area contributed by atoms with Crippen LogP contribution in [0.2, 0.25) is 0 Å². The molecule has 26 heavy (non-hydrogen) atoms. The van der Waals surface area contributed by atoms with Crippen molar-refractivity contribution in [3.05, 3.63) is 41.7 Å². The molecule has 3 rings (SSSR count). The largest absolute Gasteiger partial charge is 0.339 e. The number of hydrogen-bond acceptors (Lipinski definition) is 4. The molecule has 0 N–H and O–H groups in total. The van der Waals surface area contributed by atoms with Crippen LogP contribution in [0.15, 0.2) is 35.7 Å². The van der Waals surface area contributed by atoms with Gasteiger partial charge >= 0.3 is 0 Å². The Morgan fingerprint density at radius 1 is 1.15 bits per heavy atom. The number of carbonyl (C=O) groups excluding carboxylic acids is 1. The van der Waals surface area contributed by atoms with E-state index >= 15 is 0 Å². The quantitative estimate of drug-likeness (QED) is 0.756. The number of amides is 1. The summed E-state index contributed by atoms with van der Waals surface area (Å²) in [6, 6.07) is 6.46. The van der Waals surface area contributed by atoms with E-state index < -0.39 is 0 Å². The summed E-state index contributed by atoms with van der Waals surface area (Å²) in [6.07, 6.45) is 3.77. The Bertz CT molecular complexity index is 745. The van der Waals surface area contributed by atoms with Gasteiger partial charge in [0.15, 0.2) is 5.16 Å². The van der Waals surface area contributed by atoms with Crippen LogP contribution in [0.4, 0.5) is 0 Å². The predicted molar refractivity (Wildman–Crippen MR) is 107 cm³/mol. The molecule has 1 atom stereocenters. The molecule has 2 aromatic rings. The highest BCUT2D eigenvalue weighted by Crippen LogP contribution is 2.26. The van der Waals surface area contributed by atoms with Crippen LogP contribution < -0.4 is 0 Å². The van der Waals surface area contributed by atoms with Gasteiger partial charge in [0.2, 0.25) is 5.91 Å². The highest BCUT2D eigenvalue weighted by molar-refractivity contribution is 8.00. The smallest absolute Gasteiger partial charge is 0.235 e. The van der Waals surface area contributed by atoms with Gasteiger partial charge in [0.1, 0.15) is 0 Å². The number of imidazole rings is 1. The molecule has 1 saturated heterocycles. The molecule has 1 amide bonds. The number of hydrogen-bond donors (Lipinski definition) is 0. The average molecular weight is 373 g/mol. The van der Waals surface area contributed by atoms with Crippen LogP contribution in [0.1, 0.15) is 25.0 Å². The van der Waals surface area contributed by atoms with E-state index in [1.54, 1.807) is 6.20 Å².